The molecule has 0 saturated heterocycles. The Balaban J connectivity index is 2.83. The normalized spacial score (nSPS) is 7.67. The maximum atomic E-state index is 9.90. The Morgan fingerprint density at radius 3 is 2.50 bits per heavy atom. The van der Waals surface area contributed by atoms with E-state index in [0.717, 1.165) is 0 Å². The lowest BCUT2D eigenvalue weighted by Gasteiger charge is -1.88. The molecule has 0 aliphatic rings. The molecule has 1 unspecified atom stereocenters. The van der Waals surface area contributed by atoms with E-state index in [-0.39, 0.29) is 5.65 Å². The van der Waals surface area contributed by atoms with E-state index in [1.165, 1.54) is 0 Å². The highest BCUT2D eigenvalue weighted by Crippen LogP contribution is 1.78. The van der Waals surface area contributed by atoms with Crippen molar-refractivity contribution in [3.05, 3.63) is 0 Å². The van der Waals surface area contributed by atoms with Gasteiger partial charge >= 0.3 is 0 Å². The number of hydrogen-bond acceptors (Lipinski definition) is 1. The third-order valence-electron chi connectivity index (χ3n) is 0.351. The molecule has 0 aromatic rings. The molecule has 1 amide bonds. The summed E-state index contributed by atoms with van der Waals surface area (Å²) in [6.07, 6.45) is 0. The first-order valence-electron chi connectivity index (χ1n) is 1.80. The first kappa shape index (κ1) is 5.90. The van der Waals surface area contributed by atoms with Gasteiger partial charge in [-0.05, 0) is 16.2 Å². The molecular weight excluding hydrogens is 97.0 g/mol. The van der Waals surface area contributed by atoms with Crippen LogP contribution >= 0.6 is 9.24 Å². The average Bonchev–Trinajstić information content (AvgIpc) is 1.35. The van der Waals surface area contributed by atoms with E-state index in [9.17, 15) is 4.79 Å². The molecule has 36 valence electrons. The fourth-order valence-corrected chi connectivity index (χ4v) is 0.378. The summed E-state index contributed by atoms with van der Waals surface area (Å²) in [4.78, 5) is 9.90. The molecule has 0 fully saturated rings. The molecule has 0 bridgehead atoms. The first-order chi connectivity index (χ1) is 2.77. The minimum absolute atomic E-state index is 0.0440. The number of carbonyl (C=O) groups excluding carboxylic acids is 1. The van der Waals surface area contributed by atoms with E-state index in [0.29, 0.717) is 6.54 Å². The maximum Gasteiger partial charge on any atom is 0.234 e. The van der Waals surface area contributed by atoms with Crippen LogP contribution in [0, 0.1) is 0 Å². The minimum Gasteiger partial charge on any atom is -0.353 e. The van der Waals surface area contributed by atoms with E-state index in [1.807, 2.05) is 16.2 Å². The highest BCUT2D eigenvalue weighted by Gasteiger charge is 1.79. The molecule has 0 aliphatic heterocycles. The van der Waals surface area contributed by atoms with Crippen molar-refractivity contribution >= 4 is 14.9 Å². The van der Waals surface area contributed by atoms with Gasteiger partial charge in [0.1, 0.15) is 0 Å². The third-order valence-corrected chi connectivity index (χ3v) is 0.555. The van der Waals surface area contributed by atoms with Gasteiger partial charge in [-0.15, -0.1) is 0 Å². The zero-order valence-electron chi connectivity index (χ0n) is 3.69. The molecule has 1 N–H and O–H groups in total. The van der Waals surface area contributed by atoms with Gasteiger partial charge in [0.05, 0.1) is 0 Å². The topological polar surface area (TPSA) is 29.1 Å². The summed E-state index contributed by atoms with van der Waals surface area (Å²) in [5, 5.41) is 2.53. The average molecular weight is 105 g/mol. The molecule has 0 aromatic carbocycles. The Labute approximate surface area is 39.5 Å². The van der Waals surface area contributed by atoms with Crippen molar-refractivity contribution in [1.82, 2.24) is 5.32 Å². The lowest BCUT2D eigenvalue weighted by Crippen LogP contribution is -2.13. The quantitative estimate of drug-likeness (QED) is 0.486. The van der Waals surface area contributed by atoms with E-state index < -0.39 is 0 Å². The zero-order chi connectivity index (χ0) is 4.99. The molecule has 1 atom stereocenters. The van der Waals surface area contributed by atoms with Crippen molar-refractivity contribution in [3.63, 3.8) is 0 Å². The van der Waals surface area contributed by atoms with Crippen LogP contribution in [0.4, 0.5) is 4.79 Å². The van der Waals surface area contributed by atoms with Gasteiger partial charge < -0.3 is 5.32 Å². The van der Waals surface area contributed by atoms with Crippen molar-refractivity contribution in [3.8, 4) is 0 Å². The minimum atomic E-state index is -0.0440. The molecule has 3 heteroatoms. The molecule has 2 nitrogen and oxygen atoms in total. The Kier molecular flexibility index (Phi) is 3.05. The van der Waals surface area contributed by atoms with Crippen LogP contribution in [0.3, 0.4) is 0 Å². The van der Waals surface area contributed by atoms with Gasteiger partial charge in [-0.1, -0.05) is 0 Å². The molecule has 6 heavy (non-hydrogen) atoms. The second-order valence-electron chi connectivity index (χ2n) is 0.895. The zero-order valence-corrected chi connectivity index (χ0v) is 4.85. The van der Waals surface area contributed by atoms with Crippen molar-refractivity contribution in [2.24, 2.45) is 0 Å². The highest BCUT2D eigenvalue weighted by atomic mass is 31.0. The predicted octanol–water partition coefficient (Wildman–Crippen LogP) is 0.591. The number of hydrogen-bond donors (Lipinski definition) is 1. The Hall–Kier alpha value is -0.100. The van der Waals surface area contributed by atoms with E-state index in [4.69, 9.17) is 0 Å². The predicted molar refractivity (Wildman–Crippen MR) is 28.8 cm³/mol. The number of nitrogens with one attached hydrogen (secondary N) is 1. The van der Waals surface area contributed by atoms with Crippen LogP contribution in [0.15, 0.2) is 0 Å². The smallest absolute Gasteiger partial charge is 0.234 e. The molecule has 0 rings (SSSR count). The van der Waals surface area contributed by atoms with Crippen molar-refractivity contribution in [2.45, 2.75) is 6.92 Å². The Morgan fingerprint density at radius 1 is 2.00 bits per heavy atom. The maximum absolute atomic E-state index is 9.90. The summed E-state index contributed by atoms with van der Waals surface area (Å²) >= 11 is 0. The SMILES string of the molecule is CCNC(=O)P. The van der Waals surface area contributed by atoms with Crippen LogP contribution in [0.5, 0.6) is 0 Å². The Morgan fingerprint density at radius 2 is 2.50 bits per heavy atom. The Bertz CT molecular complexity index is 54.8. The lowest BCUT2D eigenvalue weighted by molar-refractivity contribution is 0.261. The molecule has 0 saturated carbocycles. The first-order valence-corrected chi connectivity index (χ1v) is 2.38. The molecule has 0 radical (unpaired) electrons. The second-order valence-corrected chi connectivity index (χ2v) is 1.42. The monoisotopic (exact) mass is 105 g/mol. The van der Waals surface area contributed by atoms with E-state index >= 15 is 0 Å². The van der Waals surface area contributed by atoms with Crippen molar-refractivity contribution in [1.29, 1.82) is 0 Å². The number of amides is 1. The number of rotatable bonds is 1. The fourth-order valence-electron chi connectivity index (χ4n) is 0.174. The molecular formula is C3H8NOP. The molecule has 0 aliphatic carbocycles. The van der Waals surface area contributed by atoms with Gasteiger partial charge in [-0.25, -0.2) is 0 Å². The number of carbonyl (C=O) groups is 1. The van der Waals surface area contributed by atoms with Crippen molar-refractivity contribution < 1.29 is 4.79 Å². The molecule has 0 heterocycles. The standard InChI is InChI=1S/C3H8NOP/c1-2-4-3(5)6/h2,6H2,1H3,(H,4,5). The van der Waals surface area contributed by atoms with Gasteiger partial charge in [-0.3, -0.25) is 4.79 Å². The third kappa shape index (κ3) is 3.90. The van der Waals surface area contributed by atoms with Gasteiger partial charge in [0.25, 0.3) is 0 Å². The van der Waals surface area contributed by atoms with Crippen LogP contribution in [0.25, 0.3) is 0 Å². The summed E-state index contributed by atoms with van der Waals surface area (Å²) in [5.41, 5.74) is -0.0440. The van der Waals surface area contributed by atoms with Crippen LogP contribution < -0.4 is 5.32 Å². The van der Waals surface area contributed by atoms with Gasteiger partial charge in [0, 0.05) is 6.54 Å². The summed E-state index contributed by atoms with van der Waals surface area (Å²) in [6.45, 7) is 2.59. The van der Waals surface area contributed by atoms with E-state index in [2.05, 4.69) is 5.32 Å². The van der Waals surface area contributed by atoms with Crippen molar-refractivity contribution in [2.75, 3.05) is 6.54 Å². The molecule has 0 aromatic heterocycles. The van der Waals surface area contributed by atoms with Crippen LogP contribution in [-0.2, 0) is 0 Å². The fraction of sp³-hybridized carbons (Fsp3) is 0.667. The summed E-state index contributed by atoms with van der Waals surface area (Å²) in [7, 11) is 2.03. The molecule has 0 spiro atoms. The van der Waals surface area contributed by atoms with Gasteiger partial charge in [0.2, 0.25) is 5.65 Å². The summed E-state index contributed by atoms with van der Waals surface area (Å²) < 4.78 is 0. The highest BCUT2D eigenvalue weighted by molar-refractivity contribution is 7.39. The van der Waals surface area contributed by atoms with Crippen LogP contribution in [-0.4, -0.2) is 12.2 Å². The van der Waals surface area contributed by atoms with Crippen LogP contribution in [0.1, 0.15) is 6.92 Å². The van der Waals surface area contributed by atoms with E-state index in [1.54, 1.807) is 0 Å². The van der Waals surface area contributed by atoms with Crippen LogP contribution in [0.2, 0.25) is 0 Å². The van der Waals surface area contributed by atoms with Gasteiger partial charge in [0.15, 0.2) is 0 Å². The second kappa shape index (κ2) is 3.10. The summed E-state index contributed by atoms with van der Waals surface area (Å²) in [6, 6.07) is 0. The van der Waals surface area contributed by atoms with Gasteiger partial charge in [-0.2, -0.15) is 0 Å². The summed E-state index contributed by atoms with van der Waals surface area (Å²) in [5.74, 6) is 0. The largest absolute Gasteiger partial charge is 0.353 e. The lowest BCUT2D eigenvalue weighted by atomic mass is 10.8.